The number of carbonyl (C=O) groups excluding carboxylic acids is 1. The maximum Gasteiger partial charge on any atom is 0.253 e. The molecule has 1 aromatic heterocycles. The molecule has 0 fully saturated rings. The van der Waals surface area contributed by atoms with E-state index in [0.717, 1.165) is 17.1 Å². The van der Waals surface area contributed by atoms with Crippen molar-refractivity contribution in [3.63, 3.8) is 0 Å². The van der Waals surface area contributed by atoms with Crippen molar-refractivity contribution in [1.29, 1.82) is 0 Å². The van der Waals surface area contributed by atoms with E-state index in [2.05, 4.69) is 10.3 Å². The number of ether oxygens (including phenoxy) is 1. The van der Waals surface area contributed by atoms with Gasteiger partial charge in [0.2, 0.25) is 0 Å². The molecule has 0 spiro atoms. The standard InChI is InChI=1S/C20H18N2O2/c1-15-4-8-18(9-5-15)24-19-10-6-16(7-11-19)13-22-20(23)17-3-2-12-21-14-17/h2-12,14H,13H2,1H3,(H,22,23). The summed E-state index contributed by atoms with van der Waals surface area (Å²) in [5.74, 6) is 1.43. The molecule has 4 heteroatoms. The van der Waals surface area contributed by atoms with Crippen molar-refractivity contribution in [3.05, 3.63) is 89.7 Å². The summed E-state index contributed by atoms with van der Waals surface area (Å²) in [4.78, 5) is 15.9. The molecule has 0 atom stereocenters. The summed E-state index contributed by atoms with van der Waals surface area (Å²) in [5, 5.41) is 2.87. The van der Waals surface area contributed by atoms with Crippen LogP contribution in [-0.4, -0.2) is 10.9 Å². The van der Waals surface area contributed by atoms with Crippen LogP contribution in [-0.2, 0) is 6.54 Å². The maximum absolute atomic E-state index is 12.0. The Morgan fingerprint density at radius 3 is 2.29 bits per heavy atom. The molecule has 1 N–H and O–H groups in total. The van der Waals surface area contributed by atoms with Crippen LogP contribution in [0.15, 0.2) is 73.1 Å². The van der Waals surface area contributed by atoms with Crippen LogP contribution in [0, 0.1) is 6.92 Å². The quantitative estimate of drug-likeness (QED) is 0.770. The molecule has 0 saturated carbocycles. The number of benzene rings is 2. The molecular formula is C20H18N2O2. The van der Waals surface area contributed by atoms with Crippen molar-refractivity contribution in [1.82, 2.24) is 10.3 Å². The summed E-state index contributed by atoms with van der Waals surface area (Å²) in [6.45, 7) is 2.50. The largest absolute Gasteiger partial charge is 0.457 e. The van der Waals surface area contributed by atoms with Gasteiger partial charge in [0.15, 0.2) is 0 Å². The van der Waals surface area contributed by atoms with E-state index in [1.54, 1.807) is 24.5 Å². The van der Waals surface area contributed by atoms with Gasteiger partial charge in [0.05, 0.1) is 5.56 Å². The van der Waals surface area contributed by atoms with E-state index >= 15 is 0 Å². The predicted molar refractivity (Wildman–Crippen MR) is 93.1 cm³/mol. The molecule has 3 rings (SSSR count). The topological polar surface area (TPSA) is 51.2 Å². The Hall–Kier alpha value is -3.14. The fourth-order valence-corrected chi connectivity index (χ4v) is 2.20. The zero-order valence-electron chi connectivity index (χ0n) is 13.4. The molecule has 120 valence electrons. The van der Waals surface area contributed by atoms with Crippen LogP contribution < -0.4 is 10.1 Å². The van der Waals surface area contributed by atoms with Gasteiger partial charge < -0.3 is 10.1 Å². The number of hydrogen-bond acceptors (Lipinski definition) is 3. The fraction of sp³-hybridized carbons (Fsp3) is 0.100. The third-order valence-corrected chi connectivity index (χ3v) is 3.56. The number of pyridine rings is 1. The lowest BCUT2D eigenvalue weighted by atomic mass is 10.2. The van der Waals surface area contributed by atoms with Gasteiger partial charge in [-0.25, -0.2) is 0 Å². The molecule has 0 aliphatic rings. The number of aromatic nitrogens is 1. The molecule has 0 radical (unpaired) electrons. The second-order valence-electron chi connectivity index (χ2n) is 5.48. The average molecular weight is 318 g/mol. The summed E-state index contributed by atoms with van der Waals surface area (Å²) >= 11 is 0. The van der Waals surface area contributed by atoms with E-state index in [-0.39, 0.29) is 5.91 Å². The van der Waals surface area contributed by atoms with Crippen molar-refractivity contribution in [3.8, 4) is 11.5 Å². The highest BCUT2D eigenvalue weighted by molar-refractivity contribution is 5.93. The van der Waals surface area contributed by atoms with Crippen LogP contribution in [0.5, 0.6) is 11.5 Å². The maximum atomic E-state index is 12.0. The summed E-state index contributed by atoms with van der Waals surface area (Å²) in [6.07, 6.45) is 3.19. The monoisotopic (exact) mass is 318 g/mol. The minimum absolute atomic E-state index is 0.136. The second-order valence-corrected chi connectivity index (χ2v) is 5.48. The number of nitrogens with one attached hydrogen (secondary N) is 1. The number of amides is 1. The minimum Gasteiger partial charge on any atom is -0.457 e. The Kier molecular flexibility index (Phi) is 4.87. The van der Waals surface area contributed by atoms with Gasteiger partial charge in [0.1, 0.15) is 11.5 Å². The van der Waals surface area contributed by atoms with Crippen LogP contribution in [0.1, 0.15) is 21.5 Å². The molecule has 1 heterocycles. The van der Waals surface area contributed by atoms with E-state index < -0.39 is 0 Å². The van der Waals surface area contributed by atoms with E-state index in [9.17, 15) is 4.79 Å². The number of rotatable bonds is 5. The van der Waals surface area contributed by atoms with Crippen LogP contribution in [0.25, 0.3) is 0 Å². The van der Waals surface area contributed by atoms with Gasteiger partial charge in [-0.3, -0.25) is 9.78 Å². The van der Waals surface area contributed by atoms with Crippen LogP contribution in [0.4, 0.5) is 0 Å². The lowest BCUT2D eigenvalue weighted by molar-refractivity contribution is 0.0950. The van der Waals surface area contributed by atoms with E-state index in [1.807, 2.05) is 55.5 Å². The third-order valence-electron chi connectivity index (χ3n) is 3.56. The SMILES string of the molecule is Cc1ccc(Oc2ccc(CNC(=O)c3cccnc3)cc2)cc1. The van der Waals surface area contributed by atoms with E-state index in [0.29, 0.717) is 12.1 Å². The van der Waals surface area contributed by atoms with Gasteiger partial charge in [-0.15, -0.1) is 0 Å². The van der Waals surface area contributed by atoms with Crippen LogP contribution >= 0.6 is 0 Å². The highest BCUT2D eigenvalue weighted by atomic mass is 16.5. The lowest BCUT2D eigenvalue weighted by Gasteiger charge is -2.08. The van der Waals surface area contributed by atoms with Gasteiger partial charge in [0.25, 0.3) is 5.91 Å². The van der Waals surface area contributed by atoms with E-state index in [4.69, 9.17) is 4.74 Å². The average Bonchev–Trinajstić information content (AvgIpc) is 2.63. The first-order valence-electron chi connectivity index (χ1n) is 7.72. The molecule has 2 aromatic carbocycles. The molecule has 0 unspecified atom stereocenters. The summed E-state index contributed by atoms with van der Waals surface area (Å²) in [5.41, 5.74) is 2.75. The normalized spacial score (nSPS) is 10.2. The molecule has 0 aliphatic heterocycles. The predicted octanol–water partition coefficient (Wildman–Crippen LogP) is 4.11. The Balaban J connectivity index is 1.56. The van der Waals surface area contributed by atoms with Gasteiger partial charge in [-0.2, -0.15) is 0 Å². The molecule has 0 saturated heterocycles. The lowest BCUT2D eigenvalue weighted by Crippen LogP contribution is -2.22. The number of aryl methyl sites for hydroxylation is 1. The number of nitrogens with zero attached hydrogens (tertiary/aromatic N) is 1. The third kappa shape index (κ3) is 4.20. The zero-order chi connectivity index (χ0) is 16.8. The zero-order valence-corrected chi connectivity index (χ0v) is 13.4. The first-order chi connectivity index (χ1) is 11.7. The van der Waals surface area contributed by atoms with E-state index in [1.165, 1.54) is 5.56 Å². The van der Waals surface area contributed by atoms with Gasteiger partial charge in [-0.1, -0.05) is 29.8 Å². The van der Waals surface area contributed by atoms with Gasteiger partial charge in [0, 0.05) is 18.9 Å². The van der Waals surface area contributed by atoms with Crippen molar-refractivity contribution in [2.24, 2.45) is 0 Å². The molecule has 0 aliphatic carbocycles. The molecular weight excluding hydrogens is 300 g/mol. The molecule has 24 heavy (non-hydrogen) atoms. The summed E-state index contributed by atoms with van der Waals surface area (Å²) in [7, 11) is 0. The summed E-state index contributed by atoms with van der Waals surface area (Å²) < 4.78 is 5.79. The molecule has 3 aromatic rings. The summed E-state index contributed by atoms with van der Waals surface area (Å²) in [6, 6.07) is 19.0. The Bertz CT molecular complexity index is 797. The molecule has 4 nitrogen and oxygen atoms in total. The molecule has 0 bridgehead atoms. The fourth-order valence-electron chi connectivity index (χ4n) is 2.20. The number of hydrogen-bond donors (Lipinski definition) is 1. The van der Waals surface area contributed by atoms with Gasteiger partial charge in [-0.05, 0) is 48.9 Å². The minimum atomic E-state index is -0.136. The Labute approximate surface area is 141 Å². The van der Waals surface area contributed by atoms with Crippen molar-refractivity contribution in [2.75, 3.05) is 0 Å². The highest BCUT2D eigenvalue weighted by Crippen LogP contribution is 2.21. The van der Waals surface area contributed by atoms with Gasteiger partial charge >= 0.3 is 0 Å². The second kappa shape index (κ2) is 7.42. The van der Waals surface area contributed by atoms with Crippen molar-refractivity contribution < 1.29 is 9.53 Å². The van der Waals surface area contributed by atoms with Crippen molar-refractivity contribution in [2.45, 2.75) is 13.5 Å². The smallest absolute Gasteiger partial charge is 0.253 e. The molecule has 1 amide bonds. The van der Waals surface area contributed by atoms with Crippen molar-refractivity contribution >= 4 is 5.91 Å². The first kappa shape index (κ1) is 15.7. The van der Waals surface area contributed by atoms with Crippen LogP contribution in [0.2, 0.25) is 0 Å². The first-order valence-corrected chi connectivity index (χ1v) is 7.72. The highest BCUT2D eigenvalue weighted by Gasteiger charge is 2.05. The number of carbonyl (C=O) groups is 1. The van der Waals surface area contributed by atoms with Crippen LogP contribution in [0.3, 0.4) is 0 Å². The Morgan fingerprint density at radius 1 is 1.00 bits per heavy atom. The Morgan fingerprint density at radius 2 is 1.67 bits per heavy atom.